The molecule has 0 bridgehead atoms. The predicted molar refractivity (Wildman–Crippen MR) is 113 cm³/mol. The lowest BCUT2D eigenvalue weighted by Crippen LogP contribution is -1.93. The molecule has 6 rings (SSSR count). The molecule has 2 aromatic heterocycles. The fourth-order valence-corrected chi connectivity index (χ4v) is 3.85. The maximum atomic E-state index is 8.62. The van der Waals surface area contributed by atoms with Crippen LogP contribution in [0.1, 0.15) is 8.22 Å². The van der Waals surface area contributed by atoms with Crippen molar-refractivity contribution in [3.63, 3.8) is 0 Å². The zero-order valence-corrected chi connectivity index (χ0v) is 14.6. The van der Waals surface area contributed by atoms with Gasteiger partial charge in [0.05, 0.1) is 24.9 Å². The summed E-state index contributed by atoms with van der Waals surface area (Å²) in [7, 11) is 0. The van der Waals surface area contributed by atoms with Gasteiger partial charge < -0.3 is 8.98 Å². The van der Waals surface area contributed by atoms with Crippen LogP contribution >= 0.6 is 11.6 Å². The van der Waals surface area contributed by atoms with E-state index in [1.807, 2.05) is 18.2 Å². The van der Waals surface area contributed by atoms with Crippen molar-refractivity contribution in [1.29, 1.82) is 0 Å². The molecule has 0 N–H and O–H groups in total. The fraction of sp³-hybridized carbons (Fsp3) is 0. The van der Waals surface area contributed by atoms with Crippen LogP contribution in [0, 0.1) is 0 Å². The van der Waals surface area contributed by atoms with Gasteiger partial charge in [0.15, 0.2) is 5.58 Å². The number of hydrogen-bond acceptors (Lipinski definition) is 1. The number of fused-ring (bicyclic) bond motifs is 6. The third-order valence-electron chi connectivity index (χ3n) is 4.81. The van der Waals surface area contributed by atoms with E-state index in [0.717, 1.165) is 10.8 Å². The van der Waals surface area contributed by atoms with Gasteiger partial charge in [0.1, 0.15) is 5.58 Å². The Morgan fingerprint density at radius 1 is 0.778 bits per heavy atom. The Kier molecular flexibility index (Phi) is 2.03. The predicted octanol–water partition coefficient (Wildman–Crippen LogP) is 7.34. The summed E-state index contributed by atoms with van der Waals surface area (Å²) in [6.07, 6.45) is 0. The van der Waals surface area contributed by atoms with E-state index < -0.39 is 0 Å². The van der Waals surface area contributed by atoms with Crippen molar-refractivity contribution in [2.45, 2.75) is 0 Å². The van der Waals surface area contributed by atoms with Crippen LogP contribution in [0.5, 0.6) is 0 Å². The molecular formula is C24H14ClNO. The third kappa shape index (κ3) is 2.02. The van der Waals surface area contributed by atoms with Crippen molar-refractivity contribution in [3.8, 4) is 5.69 Å². The van der Waals surface area contributed by atoms with Crippen LogP contribution in [0.15, 0.2) is 89.2 Å². The summed E-state index contributed by atoms with van der Waals surface area (Å²) in [5.41, 5.74) is 2.23. The minimum Gasteiger partial charge on any atom is -0.454 e. The molecule has 0 aliphatic carbocycles. The van der Waals surface area contributed by atoms with Crippen molar-refractivity contribution >= 4 is 55.3 Å². The van der Waals surface area contributed by atoms with Crippen molar-refractivity contribution in [3.05, 3.63) is 89.8 Å². The molecule has 0 unspecified atom stereocenters. The highest BCUT2D eigenvalue weighted by Crippen LogP contribution is 2.38. The Morgan fingerprint density at radius 2 is 1.52 bits per heavy atom. The minimum atomic E-state index is -0.149. The first-order chi connectivity index (χ1) is 15.8. The molecule has 6 aromatic rings. The molecule has 0 fully saturated rings. The second-order valence-corrected chi connectivity index (χ2v) is 6.73. The number of halogens is 1. The van der Waals surface area contributed by atoms with Crippen LogP contribution in [0.3, 0.4) is 0 Å². The second kappa shape index (κ2) is 5.38. The quantitative estimate of drug-likeness (QED) is 0.295. The van der Waals surface area contributed by atoms with Gasteiger partial charge in [-0.05, 0) is 30.3 Å². The Balaban J connectivity index is 1.90. The molecule has 27 heavy (non-hydrogen) atoms. The van der Waals surface area contributed by atoms with E-state index in [4.69, 9.17) is 24.2 Å². The lowest BCUT2D eigenvalue weighted by molar-refractivity contribution is 0.666. The minimum absolute atomic E-state index is 0.0105. The van der Waals surface area contributed by atoms with E-state index in [2.05, 4.69) is 0 Å². The van der Waals surface area contributed by atoms with Gasteiger partial charge in [-0.25, -0.2) is 0 Å². The van der Waals surface area contributed by atoms with E-state index in [-0.39, 0.29) is 47.0 Å². The molecule has 2 nitrogen and oxygen atoms in total. The van der Waals surface area contributed by atoms with Crippen LogP contribution in [0.4, 0.5) is 0 Å². The normalized spacial score (nSPS) is 15.0. The van der Waals surface area contributed by atoms with E-state index >= 15 is 0 Å². The molecule has 0 amide bonds. The average molecular weight is 374 g/mol. The van der Waals surface area contributed by atoms with Crippen molar-refractivity contribution in [2.24, 2.45) is 0 Å². The molecule has 2 heterocycles. The summed E-state index contributed by atoms with van der Waals surface area (Å²) in [5.74, 6) is 0. The Hall–Kier alpha value is -3.23. The molecule has 0 saturated carbocycles. The molecule has 0 radical (unpaired) electrons. The molecule has 0 saturated heterocycles. The smallest absolute Gasteiger partial charge is 0.159 e. The van der Waals surface area contributed by atoms with Gasteiger partial charge in [-0.1, -0.05) is 60.0 Å². The number of aromatic nitrogens is 1. The van der Waals surface area contributed by atoms with E-state index in [9.17, 15) is 0 Å². The van der Waals surface area contributed by atoms with Gasteiger partial charge in [0.2, 0.25) is 0 Å². The summed E-state index contributed by atoms with van der Waals surface area (Å²) >= 11 is 6.16. The fourth-order valence-electron chi connectivity index (χ4n) is 3.69. The summed E-state index contributed by atoms with van der Waals surface area (Å²) in [6.45, 7) is 0. The molecule has 0 spiro atoms. The summed E-state index contributed by atoms with van der Waals surface area (Å²) in [5, 5.41) is 2.64. The van der Waals surface area contributed by atoms with Crippen LogP contribution in [-0.4, -0.2) is 4.57 Å². The van der Waals surface area contributed by atoms with Gasteiger partial charge in [-0.15, -0.1) is 0 Å². The summed E-state index contributed by atoms with van der Waals surface area (Å²) < 4.78 is 58.4. The SMILES string of the molecule is [2H]c1cc([2H])c2c(c1[2H])c1c([2H])c([2H])cc([2H])c1n2-c1cccc2c1oc1cc(Cl)ccc12. The first-order valence-electron chi connectivity index (χ1n) is 11.4. The topological polar surface area (TPSA) is 18.1 Å². The maximum absolute atomic E-state index is 8.62. The second-order valence-electron chi connectivity index (χ2n) is 6.30. The lowest BCUT2D eigenvalue weighted by Gasteiger charge is -2.08. The lowest BCUT2D eigenvalue weighted by atomic mass is 10.1. The Morgan fingerprint density at radius 3 is 2.26 bits per heavy atom. The number of nitrogens with zero attached hydrogens (tertiary/aromatic N) is 1. The van der Waals surface area contributed by atoms with E-state index in [1.54, 1.807) is 22.8 Å². The van der Waals surface area contributed by atoms with E-state index in [0.29, 0.717) is 32.9 Å². The van der Waals surface area contributed by atoms with Crippen LogP contribution in [0.2, 0.25) is 5.02 Å². The largest absolute Gasteiger partial charge is 0.454 e. The number of furan rings is 1. The van der Waals surface area contributed by atoms with Crippen molar-refractivity contribution in [1.82, 2.24) is 4.57 Å². The number of hydrogen-bond donors (Lipinski definition) is 0. The highest BCUT2D eigenvalue weighted by molar-refractivity contribution is 6.31. The molecule has 3 heteroatoms. The van der Waals surface area contributed by atoms with Gasteiger partial charge >= 0.3 is 0 Å². The first kappa shape index (κ1) is 10.2. The molecule has 0 aliphatic heterocycles. The van der Waals surface area contributed by atoms with Crippen molar-refractivity contribution < 1.29 is 12.6 Å². The van der Waals surface area contributed by atoms with Crippen LogP contribution in [-0.2, 0) is 0 Å². The monoisotopic (exact) mass is 373 g/mol. The number of benzene rings is 4. The number of para-hydroxylation sites is 3. The highest BCUT2D eigenvalue weighted by atomic mass is 35.5. The molecule has 0 aliphatic rings. The maximum Gasteiger partial charge on any atom is 0.159 e. The zero-order chi connectivity index (χ0) is 23.2. The standard InChI is InChI=1S/C24H14ClNO/c25-15-12-13-18-19-8-5-11-22(24(19)27-23(18)14-15)26-20-9-3-1-6-16(20)17-7-2-4-10-21(17)26/h1-14H/i1D,2D,6D,7D,9D,10D. The van der Waals surface area contributed by atoms with Gasteiger partial charge in [-0.2, -0.15) is 0 Å². The molecular weight excluding hydrogens is 354 g/mol. The van der Waals surface area contributed by atoms with E-state index in [1.165, 1.54) is 12.1 Å². The molecule has 128 valence electrons. The summed E-state index contributed by atoms with van der Waals surface area (Å²) in [6, 6.07) is 12.9. The Bertz CT molecular complexity index is 1730. The first-order valence-corrected chi connectivity index (χ1v) is 8.78. The van der Waals surface area contributed by atoms with Gasteiger partial charge in [0, 0.05) is 32.6 Å². The average Bonchev–Trinajstić information content (AvgIpc) is 3.32. The number of rotatable bonds is 1. The van der Waals surface area contributed by atoms with Crippen LogP contribution in [0.25, 0.3) is 49.4 Å². The highest BCUT2D eigenvalue weighted by Gasteiger charge is 2.16. The van der Waals surface area contributed by atoms with Crippen molar-refractivity contribution in [2.75, 3.05) is 0 Å². The molecule has 4 aromatic carbocycles. The van der Waals surface area contributed by atoms with Gasteiger partial charge in [-0.3, -0.25) is 0 Å². The zero-order valence-electron chi connectivity index (χ0n) is 19.9. The van der Waals surface area contributed by atoms with Crippen LogP contribution < -0.4 is 0 Å². The molecule has 0 atom stereocenters. The summed E-state index contributed by atoms with van der Waals surface area (Å²) in [4.78, 5) is 0. The third-order valence-corrected chi connectivity index (χ3v) is 5.04. The Labute approximate surface area is 168 Å². The van der Waals surface area contributed by atoms with Gasteiger partial charge in [0.25, 0.3) is 0 Å².